The van der Waals surface area contributed by atoms with E-state index in [2.05, 4.69) is 10.2 Å². The summed E-state index contributed by atoms with van der Waals surface area (Å²) in [6.45, 7) is 4.33. The van der Waals surface area contributed by atoms with Crippen molar-refractivity contribution in [3.8, 4) is 5.69 Å². The van der Waals surface area contributed by atoms with Gasteiger partial charge in [-0.2, -0.15) is 10.2 Å². The predicted octanol–water partition coefficient (Wildman–Crippen LogP) is 2.49. The molecule has 6 heteroatoms. The molecule has 3 rings (SSSR count). The Morgan fingerprint density at radius 3 is 2.46 bits per heavy atom. The van der Waals surface area contributed by atoms with Crippen LogP contribution in [0.25, 0.3) is 5.69 Å². The first-order chi connectivity index (χ1) is 11.5. The lowest BCUT2D eigenvalue weighted by Crippen LogP contribution is -2.27. The van der Waals surface area contributed by atoms with Gasteiger partial charge in [0, 0.05) is 38.7 Å². The molecule has 124 valence electrons. The smallest absolute Gasteiger partial charge is 0.257 e. The third kappa shape index (κ3) is 2.95. The summed E-state index contributed by atoms with van der Waals surface area (Å²) in [5.41, 5.74) is 4.41. The molecule has 0 saturated carbocycles. The molecule has 1 aromatic carbocycles. The minimum atomic E-state index is -0.00532. The first kappa shape index (κ1) is 16.0. The highest BCUT2D eigenvalue weighted by molar-refractivity contribution is 5.96. The number of aromatic nitrogens is 4. The van der Waals surface area contributed by atoms with E-state index in [-0.39, 0.29) is 5.91 Å². The van der Waals surface area contributed by atoms with E-state index in [1.807, 2.05) is 64.5 Å². The van der Waals surface area contributed by atoms with Crippen molar-refractivity contribution >= 4 is 5.91 Å². The quantitative estimate of drug-likeness (QED) is 0.741. The molecule has 0 aliphatic heterocycles. The summed E-state index contributed by atoms with van der Waals surface area (Å²) in [6, 6.07) is 9.93. The van der Waals surface area contributed by atoms with Gasteiger partial charge in [0.1, 0.15) is 0 Å². The Morgan fingerprint density at radius 1 is 1.21 bits per heavy atom. The Bertz CT molecular complexity index is 846. The van der Waals surface area contributed by atoms with Gasteiger partial charge in [-0.1, -0.05) is 12.1 Å². The fourth-order valence-corrected chi connectivity index (χ4v) is 2.80. The maximum atomic E-state index is 12.7. The molecule has 0 N–H and O–H groups in total. The number of benzene rings is 1. The molecule has 0 unspecified atom stereocenters. The Balaban J connectivity index is 1.74. The number of hydrogen-bond donors (Lipinski definition) is 0. The number of amides is 1. The number of carbonyl (C=O) groups is 1. The molecule has 0 aliphatic rings. The topological polar surface area (TPSA) is 56.0 Å². The number of rotatable bonds is 4. The van der Waals surface area contributed by atoms with E-state index in [1.54, 1.807) is 20.5 Å². The molecule has 1 amide bonds. The maximum Gasteiger partial charge on any atom is 0.257 e. The number of aryl methyl sites for hydroxylation is 2. The molecule has 0 spiro atoms. The van der Waals surface area contributed by atoms with Crippen LogP contribution in [0, 0.1) is 13.8 Å². The lowest BCUT2D eigenvalue weighted by molar-refractivity contribution is 0.0783. The maximum absolute atomic E-state index is 12.7. The van der Waals surface area contributed by atoms with Gasteiger partial charge in [0.05, 0.1) is 16.9 Å². The van der Waals surface area contributed by atoms with Crippen molar-refractivity contribution in [3.63, 3.8) is 0 Å². The highest BCUT2D eigenvalue weighted by Gasteiger charge is 2.20. The van der Waals surface area contributed by atoms with Crippen molar-refractivity contribution in [1.29, 1.82) is 0 Å². The average Bonchev–Trinajstić information content (AvgIpc) is 3.17. The van der Waals surface area contributed by atoms with E-state index in [4.69, 9.17) is 0 Å². The number of hydrogen-bond acceptors (Lipinski definition) is 3. The van der Waals surface area contributed by atoms with Gasteiger partial charge in [-0.15, -0.1) is 0 Å². The van der Waals surface area contributed by atoms with Crippen molar-refractivity contribution < 1.29 is 4.79 Å². The van der Waals surface area contributed by atoms with Gasteiger partial charge in [0.15, 0.2) is 0 Å². The standard InChI is InChI=1S/C18H21N5O/c1-13-17(14(2)22(4)20-13)18(24)21(3)12-15-6-8-16(9-7-15)23-11-5-10-19-23/h5-11H,12H2,1-4H3. The molecule has 0 radical (unpaired) electrons. The summed E-state index contributed by atoms with van der Waals surface area (Å²) in [4.78, 5) is 14.4. The zero-order chi connectivity index (χ0) is 17.3. The lowest BCUT2D eigenvalue weighted by Gasteiger charge is -2.18. The monoisotopic (exact) mass is 323 g/mol. The van der Waals surface area contributed by atoms with Crippen molar-refractivity contribution in [1.82, 2.24) is 24.5 Å². The van der Waals surface area contributed by atoms with E-state index < -0.39 is 0 Å². The van der Waals surface area contributed by atoms with Gasteiger partial charge in [-0.25, -0.2) is 4.68 Å². The van der Waals surface area contributed by atoms with Crippen molar-refractivity contribution in [2.75, 3.05) is 7.05 Å². The molecule has 24 heavy (non-hydrogen) atoms. The molecular formula is C18H21N5O. The molecule has 0 saturated heterocycles. The summed E-state index contributed by atoms with van der Waals surface area (Å²) in [5.74, 6) is -0.00532. The molecule has 2 heterocycles. The van der Waals surface area contributed by atoms with Crippen LogP contribution in [0.15, 0.2) is 42.7 Å². The highest BCUT2D eigenvalue weighted by atomic mass is 16.2. The molecule has 3 aromatic rings. The molecule has 6 nitrogen and oxygen atoms in total. The predicted molar refractivity (Wildman–Crippen MR) is 92.0 cm³/mol. The van der Waals surface area contributed by atoms with Gasteiger partial charge >= 0.3 is 0 Å². The summed E-state index contributed by atoms with van der Waals surface area (Å²) >= 11 is 0. The van der Waals surface area contributed by atoms with Gasteiger partial charge < -0.3 is 4.90 Å². The first-order valence-electron chi connectivity index (χ1n) is 7.82. The van der Waals surface area contributed by atoms with E-state index >= 15 is 0 Å². The lowest BCUT2D eigenvalue weighted by atomic mass is 10.1. The number of nitrogens with zero attached hydrogens (tertiary/aromatic N) is 5. The Labute approximate surface area is 141 Å². The van der Waals surface area contributed by atoms with Crippen LogP contribution in [0.5, 0.6) is 0 Å². The number of carbonyl (C=O) groups excluding carboxylic acids is 1. The van der Waals surface area contributed by atoms with E-state index in [1.165, 1.54) is 0 Å². The minimum Gasteiger partial charge on any atom is -0.337 e. The Morgan fingerprint density at radius 2 is 1.92 bits per heavy atom. The van der Waals surface area contributed by atoms with Gasteiger partial charge in [-0.3, -0.25) is 9.48 Å². The van der Waals surface area contributed by atoms with Gasteiger partial charge in [0.25, 0.3) is 5.91 Å². The second-order valence-corrected chi connectivity index (χ2v) is 5.95. The third-order valence-electron chi connectivity index (χ3n) is 4.19. The van der Waals surface area contributed by atoms with Crippen LogP contribution in [0.4, 0.5) is 0 Å². The molecule has 0 fully saturated rings. The van der Waals surface area contributed by atoms with E-state index in [0.29, 0.717) is 12.1 Å². The van der Waals surface area contributed by atoms with Crippen LogP contribution in [0.1, 0.15) is 27.3 Å². The SMILES string of the molecule is Cc1nn(C)c(C)c1C(=O)N(C)Cc1ccc(-n2cccn2)cc1. The molecule has 0 atom stereocenters. The summed E-state index contributed by atoms with van der Waals surface area (Å²) < 4.78 is 3.55. The average molecular weight is 323 g/mol. The van der Waals surface area contributed by atoms with Crippen LogP contribution in [0.3, 0.4) is 0 Å². The van der Waals surface area contributed by atoms with Crippen LogP contribution in [0.2, 0.25) is 0 Å². The minimum absolute atomic E-state index is 0.00532. The molecule has 0 aliphatic carbocycles. The van der Waals surface area contributed by atoms with Crippen LogP contribution in [-0.2, 0) is 13.6 Å². The van der Waals surface area contributed by atoms with Crippen molar-refractivity contribution in [3.05, 3.63) is 65.2 Å². The second kappa shape index (κ2) is 6.31. The Kier molecular flexibility index (Phi) is 4.20. The zero-order valence-electron chi connectivity index (χ0n) is 14.4. The van der Waals surface area contributed by atoms with Crippen LogP contribution >= 0.6 is 0 Å². The normalized spacial score (nSPS) is 10.8. The zero-order valence-corrected chi connectivity index (χ0v) is 14.4. The third-order valence-corrected chi connectivity index (χ3v) is 4.19. The van der Waals surface area contributed by atoms with Gasteiger partial charge in [0.2, 0.25) is 0 Å². The largest absolute Gasteiger partial charge is 0.337 e. The molecular weight excluding hydrogens is 302 g/mol. The summed E-state index contributed by atoms with van der Waals surface area (Å²) in [6.07, 6.45) is 3.65. The van der Waals surface area contributed by atoms with Crippen molar-refractivity contribution in [2.45, 2.75) is 20.4 Å². The highest BCUT2D eigenvalue weighted by Crippen LogP contribution is 2.16. The van der Waals surface area contributed by atoms with E-state index in [9.17, 15) is 4.79 Å². The van der Waals surface area contributed by atoms with Crippen LogP contribution < -0.4 is 0 Å². The fraction of sp³-hybridized carbons (Fsp3) is 0.278. The van der Waals surface area contributed by atoms with Gasteiger partial charge in [-0.05, 0) is 37.6 Å². The molecule has 2 aromatic heterocycles. The first-order valence-corrected chi connectivity index (χ1v) is 7.82. The molecule has 0 bridgehead atoms. The second-order valence-electron chi connectivity index (χ2n) is 5.95. The van der Waals surface area contributed by atoms with Crippen LogP contribution in [-0.4, -0.2) is 37.4 Å². The van der Waals surface area contributed by atoms with E-state index in [0.717, 1.165) is 22.6 Å². The fourth-order valence-electron chi connectivity index (χ4n) is 2.80. The van der Waals surface area contributed by atoms with Crippen molar-refractivity contribution in [2.24, 2.45) is 7.05 Å². The Hall–Kier alpha value is -2.89. The summed E-state index contributed by atoms with van der Waals surface area (Å²) in [7, 11) is 3.67. The summed E-state index contributed by atoms with van der Waals surface area (Å²) in [5, 5.41) is 8.53.